The molecule has 0 heterocycles. The number of carbonyl (C=O) groups is 3. The maximum Gasteiger partial charge on any atom is 0.326 e. The average Bonchev–Trinajstić information content (AvgIpc) is 2.38. The van der Waals surface area contributed by atoms with E-state index in [1.54, 1.807) is 0 Å². The van der Waals surface area contributed by atoms with Gasteiger partial charge in [0.2, 0.25) is 5.91 Å². The molecular weight excluding hydrogens is 262 g/mol. The summed E-state index contributed by atoms with van der Waals surface area (Å²) in [6.45, 7) is 1.83. The molecule has 0 aliphatic rings. The van der Waals surface area contributed by atoms with Crippen LogP contribution < -0.4 is 16.4 Å². The standard InChI is InChI=1S/C13H17N3O4/c1-2-3-10(12(18)19)16-13(20)15-9-6-4-8(5-7-9)11(14)17/h4-7,10H,2-3H2,1H3,(H2,14,17)(H,18,19)(H2,15,16,20)/t10-/m0/s1. The van der Waals surface area contributed by atoms with Gasteiger partial charge in [0.15, 0.2) is 0 Å². The lowest BCUT2D eigenvalue weighted by Gasteiger charge is -2.14. The molecule has 0 radical (unpaired) electrons. The molecule has 0 unspecified atom stereocenters. The van der Waals surface area contributed by atoms with Gasteiger partial charge in [-0.25, -0.2) is 9.59 Å². The molecule has 0 fully saturated rings. The van der Waals surface area contributed by atoms with Crippen molar-refractivity contribution in [2.24, 2.45) is 5.73 Å². The zero-order valence-corrected chi connectivity index (χ0v) is 11.1. The molecule has 0 aromatic heterocycles. The van der Waals surface area contributed by atoms with Crippen LogP contribution in [0.15, 0.2) is 24.3 Å². The SMILES string of the molecule is CCC[C@H](NC(=O)Nc1ccc(C(N)=O)cc1)C(=O)O. The number of primary amides is 1. The summed E-state index contributed by atoms with van der Waals surface area (Å²) >= 11 is 0. The molecule has 0 aliphatic heterocycles. The molecule has 1 rings (SSSR count). The normalized spacial score (nSPS) is 11.4. The number of carbonyl (C=O) groups excluding carboxylic acids is 2. The van der Waals surface area contributed by atoms with Gasteiger partial charge >= 0.3 is 12.0 Å². The number of nitrogens with one attached hydrogen (secondary N) is 2. The summed E-state index contributed by atoms with van der Waals surface area (Å²) in [5.41, 5.74) is 5.86. The smallest absolute Gasteiger partial charge is 0.326 e. The topological polar surface area (TPSA) is 122 Å². The highest BCUT2D eigenvalue weighted by Crippen LogP contribution is 2.09. The molecule has 1 aromatic carbocycles. The zero-order chi connectivity index (χ0) is 15.1. The zero-order valence-electron chi connectivity index (χ0n) is 11.1. The summed E-state index contributed by atoms with van der Waals surface area (Å²) in [7, 11) is 0. The Morgan fingerprint density at radius 1 is 1.25 bits per heavy atom. The number of rotatable bonds is 6. The van der Waals surface area contributed by atoms with Crippen LogP contribution in [0, 0.1) is 0 Å². The highest BCUT2D eigenvalue weighted by molar-refractivity contribution is 5.95. The molecule has 1 aromatic rings. The Kier molecular flexibility index (Phi) is 5.52. The van der Waals surface area contributed by atoms with Crippen molar-refractivity contribution in [3.63, 3.8) is 0 Å². The third kappa shape index (κ3) is 4.60. The molecule has 5 N–H and O–H groups in total. The van der Waals surface area contributed by atoms with Gasteiger partial charge in [-0.3, -0.25) is 4.79 Å². The molecule has 0 saturated carbocycles. The first kappa shape index (κ1) is 15.5. The second-order valence-corrected chi connectivity index (χ2v) is 4.22. The molecule has 0 spiro atoms. The quantitative estimate of drug-likeness (QED) is 0.624. The monoisotopic (exact) mass is 279 g/mol. The van der Waals surface area contributed by atoms with Gasteiger partial charge in [0.25, 0.3) is 0 Å². The molecule has 7 nitrogen and oxygen atoms in total. The Hall–Kier alpha value is -2.57. The Labute approximate surface area is 116 Å². The third-order valence-electron chi connectivity index (χ3n) is 2.61. The fraction of sp³-hybridized carbons (Fsp3) is 0.308. The van der Waals surface area contributed by atoms with Crippen molar-refractivity contribution >= 4 is 23.6 Å². The Morgan fingerprint density at radius 2 is 1.85 bits per heavy atom. The summed E-state index contributed by atoms with van der Waals surface area (Å²) in [5, 5.41) is 13.8. The van der Waals surface area contributed by atoms with E-state index in [9.17, 15) is 14.4 Å². The first-order valence-electron chi connectivity index (χ1n) is 6.14. The van der Waals surface area contributed by atoms with Crippen LogP contribution in [0.4, 0.5) is 10.5 Å². The number of carboxylic acids is 1. The van der Waals surface area contributed by atoms with Gasteiger partial charge < -0.3 is 21.5 Å². The van der Waals surface area contributed by atoms with E-state index in [4.69, 9.17) is 10.8 Å². The van der Waals surface area contributed by atoms with Crippen molar-refractivity contribution in [3.05, 3.63) is 29.8 Å². The molecular formula is C13H17N3O4. The lowest BCUT2D eigenvalue weighted by molar-refractivity contribution is -0.139. The highest BCUT2D eigenvalue weighted by Gasteiger charge is 2.18. The lowest BCUT2D eigenvalue weighted by atomic mass is 10.2. The number of benzene rings is 1. The number of hydrogen-bond acceptors (Lipinski definition) is 3. The van der Waals surface area contributed by atoms with Gasteiger partial charge in [0.1, 0.15) is 6.04 Å². The Bertz CT molecular complexity index is 499. The van der Waals surface area contributed by atoms with E-state index in [1.807, 2.05) is 6.92 Å². The van der Waals surface area contributed by atoms with Crippen LogP contribution in [0.25, 0.3) is 0 Å². The summed E-state index contributed by atoms with van der Waals surface area (Å²) in [4.78, 5) is 33.4. The van der Waals surface area contributed by atoms with Gasteiger partial charge in [-0.2, -0.15) is 0 Å². The Balaban J connectivity index is 2.61. The van der Waals surface area contributed by atoms with E-state index in [2.05, 4.69) is 10.6 Å². The van der Waals surface area contributed by atoms with E-state index >= 15 is 0 Å². The summed E-state index contributed by atoms with van der Waals surface area (Å²) in [6.07, 6.45) is 0.994. The van der Waals surface area contributed by atoms with Crippen LogP contribution in [0.2, 0.25) is 0 Å². The minimum atomic E-state index is -1.08. The molecule has 20 heavy (non-hydrogen) atoms. The van der Waals surface area contributed by atoms with E-state index in [1.165, 1.54) is 24.3 Å². The Morgan fingerprint density at radius 3 is 2.30 bits per heavy atom. The van der Waals surface area contributed by atoms with Crippen molar-refractivity contribution in [2.45, 2.75) is 25.8 Å². The molecule has 0 saturated heterocycles. The van der Waals surface area contributed by atoms with Crippen molar-refractivity contribution in [1.29, 1.82) is 0 Å². The number of carboxylic acid groups (broad SMARTS) is 1. The van der Waals surface area contributed by atoms with Crippen molar-refractivity contribution < 1.29 is 19.5 Å². The second kappa shape index (κ2) is 7.13. The predicted octanol–water partition coefficient (Wildman–Crippen LogP) is 1.16. The minimum absolute atomic E-state index is 0.324. The first-order chi connectivity index (χ1) is 9.43. The summed E-state index contributed by atoms with van der Waals surface area (Å²) in [5.74, 6) is -1.64. The molecule has 3 amide bonds. The van der Waals surface area contributed by atoms with Crippen molar-refractivity contribution in [2.75, 3.05) is 5.32 Å². The van der Waals surface area contributed by atoms with Crippen LogP contribution in [-0.2, 0) is 4.79 Å². The van der Waals surface area contributed by atoms with Gasteiger partial charge in [0.05, 0.1) is 0 Å². The molecule has 7 heteroatoms. The van der Waals surface area contributed by atoms with Crippen LogP contribution in [0.3, 0.4) is 0 Å². The fourth-order valence-corrected chi connectivity index (χ4v) is 1.59. The van der Waals surface area contributed by atoms with Crippen LogP contribution in [0.1, 0.15) is 30.1 Å². The van der Waals surface area contributed by atoms with E-state index in [0.717, 1.165) is 0 Å². The van der Waals surface area contributed by atoms with E-state index < -0.39 is 23.9 Å². The number of hydrogen-bond donors (Lipinski definition) is 4. The third-order valence-corrected chi connectivity index (χ3v) is 2.61. The highest BCUT2D eigenvalue weighted by atomic mass is 16.4. The minimum Gasteiger partial charge on any atom is -0.480 e. The van der Waals surface area contributed by atoms with Gasteiger partial charge in [-0.1, -0.05) is 13.3 Å². The number of amides is 3. The summed E-state index contributed by atoms with van der Waals surface area (Å²) < 4.78 is 0. The van der Waals surface area contributed by atoms with Crippen molar-refractivity contribution in [1.82, 2.24) is 5.32 Å². The van der Waals surface area contributed by atoms with Gasteiger partial charge in [-0.15, -0.1) is 0 Å². The largest absolute Gasteiger partial charge is 0.480 e. The number of urea groups is 1. The second-order valence-electron chi connectivity index (χ2n) is 4.22. The first-order valence-corrected chi connectivity index (χ1v) is 6.14. The predicted molar refractivity (Wildman–Crippen MR) is 73.4 cm³/mol. The van der Waals surface area contributed by atoms with Gasteiger partial charge in [-0.05, 0) is 30.7 Å². The van der Waals surface area contributed by atoms with Crippen LogP contribution in [-0.4, -0.2) is 29.1 Å². The lowest BCUT2D eigenvalue weighted by Crippen LogP contribution is -2.42. The van der Waals surface area contributed by atoms with Crippen molar-refractivity contribution in [3.8, 4) is 0 Å². The average molecular weight is 279 g/mol. The summed E-state index contributed by atoms with van der Waals surface area (Å²) in [6, 6.07) is 4.42. The molecule has 1 atom stereocenters. The fourth-order valence-electron chi connectivity index (χ4n) is 1.59. The maximum atomic E-state index is 11.6. The maximum absolute atomic E-state index is 11.6. The van der Waals surface area contributed by atoms with E-state index in [0.29, 0.717) is 24.1 Å². The van der Waals surface area contributed by atoms with E-state index in [-0.39, 0.29) is 0 Å². The number of anilines is 1. The van der Waals surface area contributed by atoms with Crippen LogP contribution >= 0.6 is 0 Å². The van der Waals surface area contributed by atoms with Crippen LogP contribution in [0.5, 0.6) is 0 Å². The molecule has 0 bridgehead atoms. The molecule has 108 valence electrons. The molecule has 0 aliphatic carbocycles. The number of nitrogens with two attached hydrogens (primary N) is 1. The number of aliphatic carboxylic acids is 1. The van der Waals surface area contributed by atoms with Gasteiger partial charge in [0, 0.05) is 11.3 Å².